The van der Waals surface area contributed by atoms with Gasteiger partial charge in [0.05, 0.1) is 36.6 Å². The summed E-state index contributed by atoms with van der Waals surface area (Å²) < 4.78 is 20.0. The quantitative estimate of drug-likeness (QED) is 0.189. The first-order chi connectivity index (χ1) is 19.9. The average molecular weight is 547 g/mol. The Morgan fingerprint density at radius 3 is 2.32 bits per heavy atom. The van der Waals surface area contributed by atoms with Crippen LogP contribution < -0.4 is 10.3 Å². The van der Waals surface area contributed by atoms with Crippen LogP contribution in [0, 0.1) is 11.3 Å². The van der Waals surface area contributed by atoms with Crippen molar-refractivity contribution in [3.63, 3.8) is 0 Å². The molecule has 1 aliphatic rings. The van der Waals surface area contributed by atoms with Gasteiger partial charge in [-0.05, 0) is 73.7 Å². The lowest BCUT2D eigenvalue weighted by molar-refractivity contribution is 0.0238. The molecular formula is C35H34N2O4. The third-order valence-electron chi connectivity index (χ3n) is 6.98. The second-order valence-electron chi connectivity index (χ2n) is 10.7. The van der Waals surface area contributed by atoms with E-state index in [1.54, 1.807) is 35.0 Å². The third kappa shape index (κ3) is 7.20. The molecule has 208 valence electrons. The zero-order chi connectivity index (χ0) is 28.7. The van der Waals surface area contributed by atoms with E-state index in [9.17, 15) is 10.1 Å². The van der Waals surface area contributed by atoms with E-state index in [0.29, 0.717) is 48.8 Å². The zero-order valence-corrected chi connectivity index (χ0v) is 23.5. The average Bonchev–Trinajstić information content (AvgIpc) is 2.98. The van der Waals surface area contributed by atoms with Crippen molar-refractivity contribution in [1.29, 1.82) is 5.26 Å². The summed E-state index contributed by atoms with van der Waals surface area (Å²) in [6, 6.07) is 31.2. The fourth-order valence-electron chi connectivity index (χ4n) is 4.95. The van der Waals surface area contributed by atoms with Gasteiger partial charge < -0.3 is 14.2 Å². The van der Waals surface area contributed by atoms with Gasteiger partial charge in [-0.1, -0.05) is 60.7 Å². The second-order valence-corrected chi connectivity index (χ2v) is 10.7. The monoisotopic (exact) mass is 546 g/mol. The van der Waals surface area contributed by atoms with Crippen LogP contribution in [0.15, 0.2) is 108 Å². The van der Waals surface area contributed by atoms with Crippen molar-refractivity contribution >= 4 is 5.70 Å². The van der Waals surface area contributed by atoms with Crippen molar-refractivity contribution < 1.29 is 14.2 Å². The maximum atomic E-state index is 13.6. The van der Waals surface area contributed by atoms with Gasteiger partial charge in [-0.15, -0.1) is 0 Å². The first-order valence-corrected chi connectivity index (χ1v) is 13.9. The van der Waals surface area contributed by atoms with E-state index in [0.717, 1.165) is 23.1 Å². The van der Waals surface area contributed by atoms with E-state index < -0.39 is 5.60 Å². The van der Waals surface area contributed by atoms with Gasteiger partial charge in [-0.25, -0.2) is 0 Å². The smallest absolute Gasteiger partial charge is 0.255 e. The Kier molecular flexibility index (Phi) is 8.79. The van der Waals surface area contributed by atoms with Crippen molar-refractivity contribution in [3.8, 4) is 11.8 Å². The van der Waals surface area contributed by atoms with Crippen molar-refractivity contribution in [3.05, 3.63) is 141 Å². The molecule has 0 amide bonds. The Hall–Kier alpha value is -4.44. The van der Waals surface area contributed by atoms with Gasteiger partial charge >= 0.3 is 0 Å². The lowest BCUT2D eigenvalue weighted by Crippen LogP contribution is -2.32. The van der Waals surface area contributed by atoms with Gasteiger partial charge in [-0.2, -0.15) is 5.26 Å². The molecule has 0 aliphatic carbocycles. The molecule has 5 rings (SSSR count). The number of pyridine rings is 1. The number of rotatable bonds is 11. The molecule has 1 unspecified atom stereocenters. The fourth-order valence-corrected chi connectivity index (χ4v) is 4.95. The predicted molar refractivity (Wildman–Crippen MR) is 159 cm³/mol. The van der Waals surface area contributed by atoms with E-state index in [4.69, 9.17) is 14.2 Å². The van der Waals surface area contributed by atoms with Gasteiger partial charge in [0.15, 0.2) is 0 Å². The summed E-state index contributed by atoms with van der Waals surface area (Å²) in [5, 5.41) is 9.44. The SMILES string of the molecule is CC1(C)C=C(n2ccc(C(CCCOCc3ccccc3)OCc3ccccc3)cc2=O)c2cc(C#N)ccc2O1. The molecule has 1 atom stereocenters. The van der Waals surface area contributed by atoms with Crippen LogP contribution in [0.1, 0.15) is 60.6 Å². The maximum Gasteiger partial charge on any atom is 0.255 e. The van der Waals surface area contributed by atoms with E-state index in [1.807, 2.05) is 74.5 Å². The number of nitriles is 1. The van der Waals surface area contributed by atoms with Crippen molar-refractivity contribution in [1.82, 2.24) is 4.57 Å². The highest BCUT2D eigenvalue weighted by atomic mass is 16.5. The number of aromatic nitrogens is 1. The minimum atomic E-state index is -0.615. The molecule has 0 radical (unpaired) electrons. The molecular weight excluding hydrogens is 512 g/mol. The summed E-state index contributed by atoms with van der Waals surface area (Å²) in [5.41, 5.74) is 4.16. The van der Waals surface area contributed by atoms with Crippen LogP contribution in [-0.2, 0) is 22.7 Å². The molecule has 6 heteroatoms. The molecule has 0 saturated carbocycles. The van der Waals surface area contributed by atoms with Crippen LogP contribution >= 0.6 is 0 Å². The summed E-state index contributed by atoms with van der Waals surface area (Å²) in [7, 11) is 0. The Morgan fingerprint density at radius 2 is 1.63 bits per heavy atom. The molecule has 1 aromatic heterocycles. The molecule has 0 bridgehead atoms. The minimum absolute atomic E-state index is 0.173. The molecule has 3 aromatic carbocycles. The largest absolute Gasteiger partial charge is 0.483 e. The van der Waals surface area contributed by atoms with E-state index >= 15 is 0 Å². The van der Waals surface area contributed by atoms with E-state index in [-0.39, 0.29) is 11.7 Å². The van der Waals surface area contributed by atoms with E-state index in [1.165, 1.54) is 0 Å². The molecule has 0 spiro atoms. The number of hydrogen-bond donors (Lipinski definition) is 0. The van der Waals surface area contributed by atoms with Crippen molar-refractivity contribution in [2.24, 2.45) is 0 Å². The van der Waals surface area contributed by atoms with Crippen LogP contribution in [0.25, 0.3) is 5.70 Å². The Labute approximate surface area is 241 Å². The molecule has 41 heavy (non-hydrogen) atoms. The van der Waals surface area contributed by atoms with Crippen LogP contribution in [0.5, 0.6) is 5.75 Å². The second kappa shape index (κ2) is 12.8. The third-order valence-corrected chi connectivity index (χ3v) is 6.98. The molecule has 2 heterocycles. The molecule has 4 aromatic rings. The van der Waals surface area contributed by atoms with Crippen molar-refractivity contribution in [2.75, 3.05) is 6.61 Å². The van der Waals surface area contributed by atoms with Crippen molar-refractivity contribution in [2.45, 2.75) is 51.6 Å². The standard InChI is InChI=1S/C35H34N2O4/c1-35(2)22-31(30-20-28(23-36)15-16-33(30)41-35)37-18-17-29(21-34(37)38)32(40-25-27-12-7-4-8-13-27)14-9-19-39-24-26-10-5-3-6-11-26/h3-8,10-13,15-18,20-22,32H,9,14,19,24-25H2,1-2H3. The Balaban J connectivity index is 1.36. The number of nitrogens with zero attached hydrogens (tertiary/aromatic N) is 2. The number of benzene rings is 3. The van der Waals surface area contributed by atoms with Crippen LogP contribution in [-0.4, -0.2) is 16.8 Å². The Morgan fingerprint density at radius 1 is 0.927 bits per heavy atom. The normalized spacial score (nSPS) is 14.3. The van der Waals surface area contributed by atoms with Gasteiger partial charge in [0.2, 0.25) is 0 Å². The van der Waals surface area contributed by atoms with Gasteiger partial charge in [0.1, 0.15) is 11.4 Å². The Bertz CT molecular complexity index is 1600. The lowest BCUT2D eigenvalue weighted by atomic mass is 9.97. The fraction of sp³-hybridized carbons (Fsp3) is 0.257. The number of hydrogen-bond acceptors (Lipinski definition) is 5. The van der Waals surface area contributed by atoms with Gasteiger partial charge in [0, 0.05) is 24.4 Å². The minimum Gasteiger partial charge on any atom is -0.483 e. The first kappa shape index (κ1) is 28.1. The van der Waals surface area contributed by atoms with Crippen LogP contribution in [0.2, 0.25) is 0 Å². The first-order valence-electron chi connectivity index (χ1n) is 13.9. The zero-order valence-electron chi connectivity index (χ0n) is 23.5. The molecule has 0 saturated heterocycles. The molecule has 0 N–H and O–H groups in total. The summed E-state index contributed by atoms with van der Waals surface area (Å²) in [6.45, 7) is 5.50. The predicted octanol–water partition coefficient (Wildman–Crippen LogP) is 7.04. The molecule has 0 fully saturated rings. The molecule has 1 aliphatic heterocycles. The highest BCUT2D eigenvalue weighted by Gasteiger charge is 2.28. The molecule has 6 nitrogen and oxygen atoms in total. The lowest BCUT2D eigenvalue weighted by Gasteiger charge is -2.31. The summed E-state index contributed by atoms with van der Waals surface area (Å²) in [6.07, 6.45) is 4.94. The summed E-state index contributed by atoms with van der Waals surface area (Å²) in [5.74, 6) is 0.641. The highest BCUT2D eigenvalue weighted by Crippen LogP contribution is 2.37. The summed E-state index contributed by atoms with van der Waals surface area (Å²) >= 11 is 0. The van der Waals surface area contributed by atoms with E-state index in [2.05, 4.69) is 18.2 Å². The summed E-state index contributed by atoms with van der Waals surface area (Å²) in [4.78, 5) is 13.6. The van der Waals surface area contributed by atoms with Crippen LogP contribution in [0.4, 0.5) is 0 Å². The maximum absolute atomic E-state index is 13.6. The van der Waals surface area contributed by atoms with Gasteiger partial charge in [0.25, 0.3) is 5.56 Å². The van der Waals surface area contributed by atoms with Crippen LogP contribution in [0.3, 0.4) is 0 Å². The topological polar surface area (TPSA) is 73.5 Å². The highest BCUT2D eigenvalue weighted by molar-refractivity contribution is 5.74. The number of fused-ring (bicyclic) bond motifs is 1. The number of ether oxygens (including phenoxy) is 3. The van der Waals surface area contributed by atoms with Gasteiger partial charge in [-0.3, -0.25) is 9.36 Å².